The Bertz CT molecular complexity index is 125. The Morgan fingerprint density at radius 1 is 1.60 bits per heavy atom. The fourth-order valence-corrected chi connectivity index (χ4v) is 0.896. The molecule has 62 valence electrons. The molecule has 10 heavy (non-hydrogen) atoms. The van der Waals surface area contributed by atoms with E-state index in [9.17, 15) is 4.21 Å². The van der Waals surface area contributed by atoms with Crippen LogP contribution < -0.4 is 4.72 Å². The van der Waals surface area contributed by atoms with Crippen LogP contribution in [-0.2, 0) is 11.3 Å². The zero-order valence-electron chi connectivity index (χ0n) is 6.68. The Kier molecular flexibility index (Phi) is 4.08. The molecule has 0 aliphatic carbocycles. The van der Waals surface area contributed by atoms with E-state index < -0.39 is 11.3 Å². The monoisotopic (exact) mass is 165 g/mol. The second-order valence-electron chi connectivity index (χ2n) is 3.09. The molecule has 0 saturated heterocycles. The Balaban J connectivity index is 3.56. The van der Waals surface area contributed by atoms with Gasteiger partial charge in [0.05, 0.1) is 0 Å². The van der Waals surface area contributed by atoms with Gasteiger partial charge in [-0.25, -0.2) is 8.93 Å². The molecule has 0 saturated carbocycles. The van der Waals surface area contributed by atoms with Crippen LogP contribution in [0.1, 0.15) is 27.2 Å². The highest BCUT2D eigenvalue weighted by Gasteiger charge is 2.14. The molecular weight excluding hydrogens is 150 g/mol. The van der Waals surface area contributed by atoms with Crippen LogP contribution in [0.15, 0.2) is 0 Å². The second-order valence-corrected chi connectivity index (χ2v) is 3.88. The number of rotatable bonds is 4. The van der Waals surface area contributed by atoms with E-state index in [2.05, 4.69) is 11.6 Å². The van der Waals surface area contributed by atoms with Crippen LogP contribution in [0, 0.1) is 5.41 Å². The number of nitrogens with one attached hydrogen (secondary N) is 1. The van der Waals surface area contributed by atoms with Crippen LogP contribution in [0.2, 0.25) is 0 Å². The lowest BCUT2D eigenvalue weighted by Crippen LogP contribution is -2.29. The van der Waals surface area contributed by atoms with Crippen LogP contribution >= 0.6 is 0 Å². The van der Waals surface area contributed by atoms with Gasteiger partial charge in [-0.3, -0.25) is 4.55 Å². The highest BCUT2D eigenvalue weighted by atomic mass is 32.2. The van der Waals surface area contributed by atoms with Gasteiger partial charge in [0, 0.05) is 6.54 Å². The fourth-order valence-electron chi connectivity index (χ4n) is 0.382. The molecule has 0 aromatic heterocycles. The van der Waals surface area contributed by atoms with Crippen molar-refractivity contribution in [2.24, 2.45) is 5.41 Å². The van der Waals surface area contributed by atoms with Gasteiger partial charge in [-0.1, -0.05) is 20.8 Å². The van der Waals surface area contributed by atoms with Gasteiger partial charge in [0.1, 0.15) is 0 Å². The zero-order valence-corrected chi connectivity index (χ0v) is 7.49. The molecule has 0 heterocycles. The van der Waals surface area contributed by atoms with Crippen molar-refractivity contribution in [3.05, 3.63) is 0 Å². The van der Waals surface area contributed by atoms with E-state index in [4.69, 9.17) is 4.55 Å². The lowest BCUT2D eigenvalue weighted by molar-refractivity contribution is 0.348. The molecule has 0 amide bonds. The molecule has 4 heteroatoms. The molecule has 0 spiro atoms. The molecule has 3 nitrogen and oxygen atoms in total. The molecular formula is C6H15NO2S. The topological polar surface area (TPSA) is 49.3 Å². The van der Waals surface area contributed by atoms with E-state index in [1.807, 2.05) is 13.8 Å². The van der Waals surface area contributed by atoms with Crippen molar-refractivity contribution in [2.75, 3.05) is 6.54 Å². The lowest BCUT2D eigenvalue weighted by Gasteiger charge is -2.21. The van der Waals surface area contributed by atoms with E-state index in [-0.39, 0.29) is 5.41 Å². The minimum absolute atomic E-state index is 0.110. The average molecular weight is 165 g/mol. The maximum absolute atomic E-state index is 10.2. The summed E-state index contributed by atoms with van der Waals surface area (Å²) in [5.74, 6) is 0. The van der Waals surface area contributed by atoms with Crippen LogP contribution in [0.3, 0.4) is 0 Å². The number of hydrogen-bond acceptors (Lipinski definition) is 1. The van der Waals surface area contributed by atoms with Crippen LogP contribution in [0.5, 0.6) is 0 Å². The lowest BCUT2D eigenvalue weighted by atomic mass is 9.91. The van der Waals surface area contributed by atoms with Crippen molar-refractivity contribution in [1.29, 1.82) is 0 Å². The summed E-state index contributed by atoms with van der Waals surface area (Å²) in [4.78, 5) is 0. The maximum Gasteiger partial charge on any atom is 0.231 e. The van der Waals surface area contributed by atoms with Gasteiger partial charge in [-0.05, 0) is 11.8 Å². The standard InChI is InChI=1S/C6H15NO2S/c1-4-6(2,3)5-7-10(8)9/h7H,4-5H2,1-3H3,(H,8,9). The molecule has 0 aromatic carbocycles. The van der Waals surface area contributed by atoms with Gasteiger partial charge in [-0.2, -0.15) is 0 Å². The van der Waals surface area contributed by atoms with Crippen molar-refractivity contribution >= 4 is 11.3 Å². The van der Waals surface area contributed by atoms with Crippen LogP contribution in [0.4, 0.5) is 0 Å². The molecule has 0 radical (unpaired) electrons. The highest BCUT2D eigenvalue weighted by Crippen LogP contribution is 2.17. The highest BCUT2D eigenvalue weighted by molar-refractivity contribution is 7.77. The third kappa shape index (κ3) is 4.90. The summed E-state index contributed by atoms with van der Waals surface area (Å²) >= 11 is -1.86. The molecule has 0 fully saturated rings. The van der Waals surface area contributed by atoms with Gasteiger partial charge in [-0.15, -0.1) is 0 Å². The second kappa shape index (κ2) is 4.05. The van der Waals surface area contributed by atoms with Gasteiger partial charge in [0.15, 0.2) is 0 Å². The summed E-state index contributed by atoms with van der Waals surface area (Å²) < 4.78 is 21.0. The summed E-state index contributed by atoms with van der Waals surface area (Å²) in [6.45, 7) is 6.73. The molecule has 0 aliphatic rings. The van der Waals surface area contributed by atoms with E-state index in [1.54, 1.807) is 0 Å². The predicted molar refractivity (Wildman–Crippen MR) is 42.8 cm³/mol. The first-order chi connectivity index (χ1) is 4.48. The third-order valence-corrected chi connectivity index (χ3v) is 2.02. The largest absolute Gasteiger partial charge is 0.294 e. The van der Waals surface area contributed by atoms with Crippen molar-refractivity contribution < 1.29 is 8.76 Å². The Morgan fingerprint density at radius 2 is 2.10 bits per heavy atom. The van der Waals surface area contributed by atoms with Gasteiger partial charge in [0.25, 0.3) is 0 Å². The van der Waals surface area contributed by atoms with Crippen LogP contribution in [0.25, 0.3) is 0 Å². The minimum Gasteiger partial charge on any atom is -0.294 e. The number of hydrogen-bond donors (Lipinski definition) is 2. The molecule has 0 aliphatic heterocycles. The SMILES string of the molecule is CCC(C)(C)CNS(=O)O. The van der Waals surface area contributed by atoms with E-state index >= 15 is 0 Å². The van der Waals surface area contributed by atoms with E-state index in [0.717, 1.165) is 6.42 Å². The van der Waals surface area contributed by atoms with Crippen molar-refractivity contribution in [3.8, 4) is 0 Å². The fraction of sp³-hybridized carbons (Fsp3) is 1.00. The Hall–Kier alpha value is 0.0700. The third-order valence-electron chi connectivity index (χ3n) is 1.63. The molecule has 0 bridgehead atoms. The molecule has 1 unspecified atom stereocenters. The summed E-state index contributed by atoms with van der Waals surface area (Å²) in [6.07, 6.45) is 0.997. The Labute approximate surface area is 64.6 Å². The molecule has 1 atom stereocenters. The first kappa shape index (κ1) is 10.1. The Morgan fingerprint density at radius 3 is 2.40 bits per heavy atom. The molecule has 2 N–H and O–H groups in total. The molecule has 0 rings (SSSR count). The predicted octanol–water partition coefficient (Wildman–Crippen LogP) is 1.15. The van der Waals surface area contributed by atoms with Gasteiger partial charge >= 0.3 is 0 Å². The maximum atomic E-state index is 10.2. The normalized spacial score (nSPS) is 15.2. The van der Waals surface area contributed by atoms with Crippen molar-refractivity contribution in [2.45, 2.75) is 27.2 Å². The summed E-state index contributed by atoms with van der Waals surface area (Å²) in [5, 5.41) is 0. The zero-order chi connectivity index (χ0) is 8.20. The van der Waals surface area contributed by atoms with Gasteiger partial charge < -0.3 is 0 Å². The van der Waals surface area contributed by atoms with Gasteiger partial charge in [0.2, 0.25) is 11.3 Å². The first-order valence-corrected chi connectivity index (χ1v) is 4.43. The quantitative estimate of drug-likeness (QED) is 0.614. The van der Waals surface area contributed by atoms with Crippen molar-refractivity contribution in [1.82, 2.24) is 4.72 Å². The summed E-state index contributed by atoms with van der Waals surface area (Å²) in [5.41, 5.74) is 0.110. The van der Waals surface area contributed by atoms with E-state index in [1.165, 1.54) is 0 Å². The average Bonchev–Trinajstić information content (AvgIpc) is 1.85. The van der Waals surface area contributed by atoms with Crippen LogP contribution in [-0.4, -0.2) is 15.3 Å². The smallest absolute Gasteiger partial charge is 0.231 e. The summed E-state index contributed by atoms with van der Waals surface area (Å²) in [6, 6.07) is 0. The molecule has 0 aromatic rings. The first-order valence-electron chi connectivity index (χ1n) is 3.32. The van der Waals surface area contributed by atoms with E-state index in [0.29, 0.717) is 6.54 Å². The van der Waals surface area contributed by atoms with Crippen molar-refractivity contribution in [3.63, 3.8) is 0 Å². The summed E-state index contributed by atoms with van der Waals surface area (Å²) in [7, 11) is 0. The minimum atomic E-state index is -1.86.